The summed E-state index contributed by atoms with van der Waals surface area (Å²) in [4.78, 5) is 24.3. The maximum Gasteiger partial charge on any atom is 0.253 e. The third kappa shape index (κ3) is 3.97. The number of para-hydroxylation sites is 1. The summed E-state index contributed by atoms with van der Waals surface area (Å²) in [6.07, 6.45) is 1.75. The largest absolute Gasteiger partial charge is 0.383 e. The number of nitrogens with one attached hydrogen (secondary N) is 1. The number of anilines is 1. The van der Waals surface area contributed by atoms with Crippen molar-refractivity contribution in [2.45, 2.75) is 25.9 Å². The number of nitrogens with two attached hydrogens (primary N) is 1. The second-order valence-corrected chi connectivity index (χ2v) is 9.43. The molecule has 0 bridgehead atoms. The van der Waals surface area contributed by atoms with Crippen LogP contribution in [0, 0.1) is 0 Å². The molecule has 3 heterocycles. The van der Waals surface area contributed by atoms with Crippen LogP contribution in [0.5, 0.6) is 0 Å². The van der Waals surface area contributed by atoms with Gasteiger partial charge in [-0.25, -0.2) is 9.97 Å². The monoisotopic (exact) mass is 443 g/mol. The van der Waals surface area contributed by atoms with Gasteiger partial charge >= 0.3 is 0 Å². The third-order valence-corrected chi connectivity index (χ3v) is 6.80. The Bertz CT molecular complexity index is 1260. The van der Waals surface area contributed by atoms with E-state index < -0.39 is 0 Å². The fourth-order valence-electron chi connectivity index (χ4n) is 4.30. The van der Waals surface area contributed by atoms with Crippen LogP contribution in [0.4, 0.5) is 5.82 Å². The molecule has 3 N–H and O–H groups in total. The van der Waals surface area contributed by atoms with Crippen LogP contribution in [-0.2, 0) is 0 Å². The standard InChI is InChI=1S/C25H25N5OS/c1-15-13-30(14-16(2)28-15)25(31)18-7-5-6-17(10-18)19-11-20(23(26)27-12-19)24-29-21-8-3-4-9-22(21)32-24/h3-12,15-16,28H,13-14H2,1-2H3,(H2,26,27)/t15-,16+. The Balaban J connectivity index is 1.48. The minimum absolute atomic E-state index is 0.0573. The Morgan fingerprint density at radius 1 is 1.06 bits per heavy atom. The Labute approximate surface area is 191 Å². The van der Waals surface area contributed by atoms with Gasteiger partial charge in [-0.15, -0.1) is 11.3 Å². The quantitative estimate of drug-likeness (QED) is 0.489. The molecule has 4 aromatic rings. The van der Waals surface area contributed by atoms with Gasteiger partial charge in [-0.2, -0.15) is 0 Å². The van der Waals surface area contributed by atoms with Crippen LogP contribution in [0.3, 0.4) is 0 Å². The van der Waals surface area contributed by atoms with E-state index in [4.69, 9.17) is 10.7 Å². The van der Waals surface area contributed by atoms with Gasteiger partial charge in [0.05, 0.1) is 15.8 Å². The molecule has 1 aliphatic heterocycles. The first-order valence-corrected chi connectivity index (χ1v) is 11.6. The van der Waals surface area contributed by atoms with Crippen LogP contribution < -0.4 is 11.1 Å². The lowest BCUT2D eigenvalue weighted by Crippen LogP contribution is -2.55. The van der Waals surface area contributed by atoms with E-state index >= 15 is 0 Å². The maximum absolute atomic E-state index is 13.2. The van der Waals surface area contributed by atoms with Gasteiger partial charge in [0.25, 0.3) is 5.91 Å². The lowest BCUT2D eigenvalue weighted by Gasteiger charge is -2.36. The number of hydrogen-bond donors (Lipinski definition) is 2. The number of carbonyl (C=O) groups excluding carboxylic acids is 1. The molecule has 6 nitrogen and oxygen atoms in total. The Morgan fingerprint density at radius 3 is 2.62 bits per heavy atom. The van der Waals surface area contributed by atoms with E-state index in [1.807, 2.05) is 53.4 Å². The normalized spacial score (nSPS) is 18.8. The van der Waals surface area contributed by atoms with Crippen LogP contribution in [-0.4, -0.2) is 45.9 Å². The highest BCUT2D eigenvalue weighted by molar-refractivity contribution is 7.21. The van der Waals surface area contributed by atoms with Gasteiger partial charge in [0.1, 0.15) is 10.8 Å². The fraction of sp³-hybridized carbons (Fsp3) is 0.240. The van der Waals surface area contributed by atoms with Crippen molar-refractivity contribution in [1.29, 1.82) is 0 Å². The van der Waals surface area contributed by atoms with E-state index in [0.717, 1.165) is 31.9 Å². The molecule has 1 saturated heterocycles. The Hall–Kier alpha value is -3.29. The highest BCUT2D eigenvalue weighted by atomic mass is 32.1. The molecule has 0 radical (unpaired) electrons. The molecule has 7 heteroatoms. The molecule has 1 amide bonds. The molecule has 2 aromatic carbocycles. The van der Waals surface area contributed by atoms with E-state index in [-0.39, 0.29) is 18.0 Å². The highest BCUT2D eigenvalue weighted by Crippen LogP contribution is 2.35. The first-order valence-electron chi connectivity index (χ1n) is 10.7. The minimum Gasteiger partial charge on any atom is -0.383 e. The first kappa shape index (κ1) is 20.6. The summed E-state index contributed by atoms with van der Waals surface area (Å²) in [7, 11) is 0. The number of piperazine rings is 1. The molecule has 2 aromatic heterocycles. The second kappa shape index (κ2) is 8.33. The minimum atomic E-state index is 0.0573. The molecule has 0 spiro atoms. The van der Waals surface area contributed by atoms with Crippen molar-refractivity contribution in [3.05, 3.63) is 66.4 Å². The van der Waals surface area contributed by atoms with Crippen molar-refractivity contribution in [3.8, 4) is 21.7 Å². The summed E-state index contributed by atoms with van der Waals surface area (Å²) >= 11 is 1.60. The molecule has 0 saturated carbocycles. The molecule has 162 valence electrons. The van der Waals surface area contributed by atoms with Gasteiger partial charge in [-0.05, 0) is 49.7 Å². The van der Waals surface area contributed by atoms with Gasteiger partial charge < -0.3 is 16.0 Å². The van der Waals surface area contributed by atoms with E-state index in [9.17, 15) is 4.79 Å². The average molecular weight is 444 g/mol. The van der Waals surface area contributed by atoms with Crippen LogP contribution in [0.25, 0.3) is 31.9 Å². The van der Waals surface area contributed by atoms with Crippen molar-refractivity contribution in [2.75, 3.05) is 18.8 Å². The van der Waals surface area contributed by atoms with E-state index in [0.29, 0.717) is 24.5 Å². The number of nitrogen functional groups attached to an aromatic ring is 1. The van der Waals surface area contributed by atoms with E-state index in [2.05, 4.69) is 30.2 Å². The van der Waals surface area contributed by atoms with Crippen molar-refractivity contribution in [3.63, 3.8) is 0 Å². The number of benzene rings is 2. The number of pyridine rings is 1. The summed E-state index contributed by atoms with van der Waals surface area (Å²) in [5.74, 6) is 0.505. The molecule has 0 unspecified atom stereocenters. The Morgan fingerprint density at radius 2 is 1.84 bits per heavy atom. The number of nitrogens with zero attached hydrogens (tertiary/aromatic N) is 3. The lowest BCUT2D eigenvalue weighted by molar-refractivity contribution is 0.0674. The van der Waals surface area contributed by atoms with Crippen molar-refractivity contribution in [2.24, 2.45) is 0 Å². The molecule has 1 aliphatic rings. The first-order chi connectivity index (χ1) is 15.5. The van der Waals surface area contributed by atoms with E-state index in [1.54, 1.807) is 17.5 Å². The number of rotatable bonds is 3. The van der Waals surface area contributed by atoms with Crippen LogP contribution in [0.1, 0.15) is 24.2 Å². The fourth-order valence-corrected chi connectivity index (χ4v) is 5.29. The highest BCUT2D eigenvalue weighted by Gasteiger charge is 2.25. The van der Waals surface area contributed by atoms with Crippen molar-refractivity contribution >= 4 is 33.3 Å². The summed E-state index contributed by atoms with van der Waals surface area (Å²) in [5, 5.41) is 4.31. The van der Waals surface area contributed by atoms with E-state index in [1.165, 1.54) is 0 Å². The predicted molar refractivity (Wildman–Crippen MR) is 131 cm³/mol. The molecule has 1 fully saturated rings. The van der Waals surface area contributed by atoms with Gasteiger partial charge in [0.2, 0.25) is 0 Å². The second-order valence-electron chi connectivity index (χ2n) is 8.40. The zero-order valence-electron chi connectivity index (χ0n) is 18.1. The number of thiazole rings is 1. The summed E-state index contributed by atoms with van der Waals surface area (Å²) < 4.78 is 1.11. The lowest BCUT2D eigenvalue weighted by atomic mass is 10.0. The predicted octanol–water partition coefficient (Wildman–Crippen LogP) is 4.43. The molecular formula is C25H25N5OS. The molecular weight excluding hydrogens is 418 g/mol. The number of fused-ring (bicyclic) bond motifs is 1. The van der Waals surface area contributed by atoms with Gasteiger partial charge in [-0.1, -0.05) is 24.3 Å². The summed E-state index contributed by atoms with van der Waals surface area (Å²) in [6.45, 7) is 5.63. The number of aromatic nitrogens is 2. The zero-order valence-corrected chi connectivity index (χ0v) is 18.9. The summed E-state index contributed by atoms with van der Waals surface area (Å²) in [5.41, 5.74) is 10.5. The van der Waals surface area contributed by atoms with Gasteiger partial charge in [0.15, 0.2) is 0 Å². The van der Waals surface area contributed by atoms with Crippen LogP contribution in [0.15, 0.2) is 60.8 Å². The molecule has 2 atom stereocenters. The van der Waals surface area contributed by atoms with Crippen molar-refractivity contribution in [1.82, 2.24) is 20.2 Å². The number of hydrogen-bond acceptors (Lipinski definition) is 6. The topological polar surface area (TPSA) is 84.1 Å². The number of amides is 1. The number of carbonyl (C=O) groups is 1. The Kier molecular flexibility index (Phi) is 5.36. The third-order valence-electron chi connectivity index (χ3n) is 5.73. The SMILES string of the molecule is C[C@@H]1CN(C(=O)c2cccc(-c3cnc(N)c(-c4nc5ccccc5s4)c3)c2)C[C@H](C)N1. The van der Waals surface area contributed by atoms with Gasteiger partial charge in [-0.3, -0.25) is 4.79 Å². The molecule has 32 heavy (non-hydrogen) atoms. The van der Waals surface area contributed by atoms with Gasteiger partial charge in [0, 0.05) is 42.5 Å². The molecule has 0 aliphatic carbocycles. The zero-order chi connectivity index (χ0) is 22.2. The molecule has 5 rings (SSSR count). The van der Waals surface area contributed by atoms with Crippen molar-refractivity contribution < 1.29 is 4.79 Å². The average Bonchev–Trinajstić information content (AvgIpc) is 3.22. The van der Waals surface area contributed by atoms with Crippen LogP contribution in [0.2, 0.25) is 0 Å². The summed E-state index contributed by atoms with van der Waals surface area (Å²) in [6, 6.07) is 18.3. The smallest absolute Gasteiger partial charge is 0.253 e. The van der Waals surface area contributed by atoms with Crippen LogP contribution >= 0.6 is 11.3 Å². The maximum atomic E-state index is 13.2.